The number of nitrogens with one attached hydrogen (secondary N) is 1. The molecule has 134 valence electrons. The maximum atomic E-state index is 13.9. The van der Waals surface area contributed by atoms with Crippen molar-refractivity contribution in [2.45, 2.75) is 0 Å². The number of ether oxygens (including phenoxy) is 2. The fourth-order valence-corrected chi connectivity index (χ4v) is 2.99. The van der Waals surface area contributed by atoms with Crippen molar-refractivity contribution in [1.82, 2.24) is 9.97 Å². The predicted octanol–water partition coefficient (Wildman–Crippen LogP) is 4.58. The van der Waals surface area contributed by atoms with Gasteiger partial charge in [-0.25, -0.2) is 9.37 Å². The molecule has 1 aromatic heterocycles. The lowest BCUT2D eigenvalue weighted by Crippen LogP contribution is -2.11. The van der Waals surface area contributed by atoms with E-state index in [1.54, 1.807) is 18.2 Å². The van der Waals surface area contributed by atoms with Crippen molar-refractivity contribution in [3.63, 3.8) is 0 Å². The molecule has 3 aromatic rings. The molecule has 1 heterocycles. The summed E-state index contributed by atoms with van der Waals surface area (Å²) in [5.41, 5.74) is 0.245. The second-order valence-corrected chi connectivity index (χ2v) is 6.62. The Kier molecular flexibility index (Phi) is 5.29. The van der Waals surface area contributed by atoms with E-state index in [0.717, 1.165) is 0 Å². The van der Waals surface area contributed by atoms with E-state index >= 15 is 0 Å². The Hall–Kier alpha value is -2.38. The minimum Gasteiger partial charge on any atom is -0.493 e. The highest BCUT2D eigenvalue weighted by molar-refractivity contribution is 9.10. The molecule has 0 aliphatic carbocycles. The van der Waals surface area contributed by atoms with E-state index in [9.17, 15) is 9.18 Å². The average Bonchev–Trinajstić information content (AvgIpc) is 2.63. The van der Waals surface area contributed by atoms with E-state index in [0.29, 0.717) is 26.9 Å². The van der Waals surface area contributed by atoms with Gasteiger partial charge in [-0.1, -0.05) is 27.5 Å². The molecule has 5 nitrogen and oxygen atoms in total. The molecule has 0 unspecified atom stereocenters. The summed E-state index contributed by atoms with van der Waals surface area (Å²) in [6.45, 7) is 0. The van der Waals surface area contributed by atoms with E-state index in [1.807, 2.05) is 0 Å². The first-order valence-corrected chi connectivity index (χ1v) is 8.58. The quantitative estimate of drug-likeness (QED) is 0.646. The standard InChI is InChI=1S/C18H13BrClFN2O3/c1-25-15-7-11-14(8-16(15)26-2)22-17(23-18(11)24)12(20)6-9-5-10(19)3-4-13(9)21/h3-8H,1-2H3,(H,22,23,24)/b12-6-. The molecule has 0 aliphatic heterocycles. The van der Waals surface area contributed by atoms with Gasteiger partial charge in [-0.2, -0.15) is 0 Å². The van der Waals surface area contributed by atoms with Crippen LogP contribution in [0, 0.1) is 5.82 Å². The van der Waals surface area contributed by atoms with Gasteiger partial charge in [0.25, 0.3) is 5.56 Å². The van der Waals surface area contributed by atoms with E-state index in [1.165, 1.54) is 32.4 Å². The molecule has 0 bridgehead atoms. The summed E-state index contributed by atoms with van der Waals surface area (Å²) in [6, 6.07) is 7.58. The number of fused-ring (bicyclic) bond motifs is 1. The number of rotatable bonds is 4. The third-order valence-corrected chi connectivity index (χ3v) is 4.46. The van der Waals surface area contributed by atoms with Crippen molar-refractivity contribution in [3.05, 3.63) is 62.4 Å². The highest BCUT2D eigenvalue weighted by Gasteiger charge is 2.13. The van der Waals surface area contributed by atoms with Gasteiger partial charge in [-0.15, -0.1) is 0 Å². The van der Waals surface area contributed by atoms with Crippen LogP contribution in [-0.2, 0) is 0 Å². The van der Waals surface area contributed by atoms with E-state index in [4.69, 9.17) is 21.1 Å². The van der Waals surface area contributed by atoms with Crippen LogP contribution < -0.4 is 15.0 Å². The molecule has 0 fully saturated rings. The second-order valence-electron chi connectivity index (χ2n) is 5.30. The number of hydrogen-bond acceptors (Lipinski definition) is 4. The van der Waals surface area contributed by atoms with Gasteiger partial charge >= 0.3 is 0 Å². The van der Waals surface area contributed by atoms with Crippen LogP contribution in [0.2, 0.25) is 0 Å². The lowest BCUT2D eigenvalue weighted by atomic mass is 10.2. The maximum Gasteiger partial charge on any atom is 0.259 e. The Morgan fingerprint density at radius 2 is 1.92 bits per heavy atom. The first-order chi connectivity index (χ1) is 12.4. The lowest BCUT2D eigenvalue weighted by Gasteiger charge is -2.09. The fraction of sp³-hybridized carbons (Fsp3) is 0.111. The Bertz CT molecular complexity index is 1080. The van der Waals surface area contributed by atoms with Crippen LogP contribution in [0.25, 0.3) is 22.0 Å². The van der Waals surface area contributed by atoms with Crippen molar-refractivity contribution in [2.24, 2.45) is 0 Å². The first-order valence-electron chi connectivity index (χ1n) is 7.41. The molecule has 0 saturated heterocycles. The minimum atomic E-state index is -0.444. The fourth-order valence-electron chi connectivity index (χ4n) is 2.41. The zero-order chi connectivity index (χ0) is 18.8. The van der Waals surface area contributed by atoms with E-state index < -0.39 is 11.4 Å². The third kappa shape index (κ3) is 3.59. The van der Waals surface area contributed by atoms with Crippen LogP contribution in [0.1, 0.15) is 11.4 Å². The summed E-state index contributed by atoms with van der Waals surface area (Å²) in [4.78, 5) is 19.3. The molecule has 0 aliphatic rings. The molecule has 2 aromatic carbocycles. The van der Waals surface area contributed by atoms with Gasteiger partial charge in [0.15, 0.2) is 17.3 Å². The van der Waals surface area contributed by atoms with Gasteiger partial charge in [0.05, 0.1) is 30.2 Å². The molecule has 8 heteroatoms. The topological polar surface area (TPSA) is 64.2 Å². The largest absolute Gasteiger partial charge is 0.493 e. The Morgan fingerprint density at radius 3 is 2.62 bits per heavy atom. The maximum absolute atomic E-state index is 13.9. The predicted molar refractivity (Wildman–Crippen MR) is 103 cm³/mol. The van der Waals surface area contributed by atoms with Crippen LogP contribution in [0.15, 0.2) is 39.6 Å². The molecular formula is C18H13BrClFN2O3. The number of methoxy groups -OCH3 is 2. The lowest BCUT2D eigenvalue weighted by molar-refractivity contribution is 0.355. The van der Waals surface area contributed by atoms with Gasteiger partial charge in [0.2, 0.25) is 0 Å². The molecule has 3 rings (SSSR count). The molecule has 0 spiro atoms. The Morgan fingerprint density at radius 1 is 1.23 bits per heavy atom. The molecule has 0 radical (unpaired) electrons. The van der Waals surface area contributed by atoms with Crippen LogP contribution >= 0.6 is 27.5 Å². The summed E-state index contributed by atoms with van der Waals surface area (Å²) in [7, 11) is 2.96. The first kappa shape index (κ1) is 18.4. The minimum absolute atomic E-state index is 0.0933. The smallest absolute Gasteiger partial charge is 0.259 e. The monoisotopic (exact) mass is 438 g/mol. The van der Waals surface area contributed by atoms with E-state index in [-0.39, 0.29) is 16.4 Å². The number of nitrogens with zero attached hydrogens (tertiary/aromatic N) is 1. The van der Waals surface area contributed by atoms with Gasteiger partial charge < -0.3 is 14.5 Å². The summed E-state index contributed by atoms with van der Waals surface area (Å²) in [5, 5.41) is 0.417. The van der Waals surface area contributed by atoms with Crippen LogP contribution in [0.4, 0.5) is 4.39 Å². The number of H-pyrrole nitrogens is 1. The average molecular weight is 440 g/mol. The van der Waals surface area contributed by atoms with Crippen LogP contribution in [0.5, 0.6) is 11.5 Å². The number of aromatic nitrogens is 2. The number of hydrogen-bond donors (Lipinski definition) is 1. The Labute approximate surface area is 161 Å². The van der Waals surface area contributed by atoms with Gasteiger partial charge in [0, 0.05) is 16.1 Å². The number of halogens is 3. The van der Waals surface area contributed by atoms with Gasteiger partial charge in [-0.3, -0.25) is 4.79 Å². The molecule has 0 atom stereocenters. The van der Waals surface area contributed by atoms with Crippen molar-refractivity contribution >= 4 is 49.5 Å². The van der Waals surface area contributed by atoms with Crippen molar-refractivity contribution in [3.8, 4) is 11.5 Å². The van der Waals surface area contributed by atoms with Gasteiger partial charge in [-0.05, 0) is 30.3 Å². The molecule has 0 amide bonds. The van der Waals surface area contributed by atoms with Crippen molar-refractivity contribution in [2.75, 3.05) is 14.2 Å². The van der Waals surface area contributed by atoms with Crippen molar-refractivity contribution in [1.29, 1.82) is 0 Å². The Balaban J connectivity index is 2.14. The summed E-state index contributed by atoms with van der Waals surface area (Å²) in [6.07, 6.45) is 1.40. The summed E-state index contributed by atoms with van der Waals surface area (Å²) < 4.78 is 25.0. The summed E-state index contributed by atoms with van der Waals surface area (Å²) in [5.74, 6) is 0.525. The number of benzene rings is 2. The zero-order valence-electron chi connectivity index (χ0n) is 13.8. The van der Waals surface area contributed by atoms with Crippen LogP contribution in [0.3, 0.4) is 0 Å². The number of aromatic amines is 1. The zero-order valence-corrected chi connectivity index (χ0v) is 16.1. The molecule has 1 N–H and O–H groups in total. The third-order valence-electron chi connectivity index (χ3n) is 3.68. The molecule has 0 saturated carbocycles. The molecular weight excluding hydrogens is 427 g/mol. The second kappa shape index (κ2) is 7.47. The SMILES string of the molecule is COc1cc2nc(/C(Cl)=C/c3cc(Br)ccc3F)[nH]c(=O)c2cc1OC. The highest BCUT2D eigenvalue weighted by Crippen LogP contribution is 2.31. The van der Waals surface area contributed by atoms with Crippen LogP contribution in [-0.4, -0.2) is 24.2 Å². The van der Waals surface area contributed by atoms with E-state index in [2.05, 4.69) is 25.9 Å². The van der Waals surface area contributed by atoms with Gasteiger partial charge in [0.1, 0.15) is 5.82 Å². The van der Waals surface area contributed by atoms with Crippen molar-refractivity contribution < 1.29 is 13.9 Å². The normalized spacial score (nSPS) is 11.7. The summed E-state index contributed by atoms with van der Waals surface area (Å²) >= 11 is 9.54. The molecule has 26 heavy (non-hydrogen) atoms. The highest BCUT2D eigenvalue weighted by atomic mass is 79.9.